The molecule has 1 saturated heterocycles. The number of hydrogen-bond donors (Lipinski definition) is 3. The van der Waals surface area contributed by atoms with Crippen LogP contribution >= 0.6 is 11.8 Å². The monoisotopic (exact) mass is 394 g/mol. The minimum Gasteiger partial charge on any atom is -0.491 e. The number of thioether (sulfide) groups is 1. The van der Waals surface area contributed by atoms with Crippen LogP contribution in [0.5, 0.6) is 5.75 Å². The second-order valence-corrected chi connectivity index (χ2v) is 9.10. The summed E-state index contributed by atoms with van der Waals surface area (Å²) in [6.45, 7) is 4.36. The predicted molar refractivity (Wildman–Crippen MR) is 111 cm³/mol. The van der Waals surface area contributed by atoms with Gasteiger partial charge in [0.1, 0.15) is 18.5 Å². The van der Waals surface area contributed by atoms with Crippen LogP contribution in [0.2, 0.25) is 0 Å². The van der Waals surface area contributed by atoms with Gasteiger partial charge in [-0.25, -0.2) is 0 Å². The third-order valence-corrected chi connectivity index (χ3v) is 6.47. The molecule has 0 amide bonds. The van der Waals surface area contributed by atoms with E-state index < -0.39 is 11.7 Å². The van der Waals surface area contributed by atoms with Crippen LogP contribution in [0.1, 0.15) is 37.7 Å². The fourth-order valence-electron chi connectivity index (χ4n) is 3.93. The molecule has 3 N–H and O–H groups in total. The molecule has 1 aliphatic carbocycles. The van der Waals surface area contributed by atoms with Crippen molar-refractivity contribution in [1.29, 1.82) is 0 Å². The van der Waals surface area contributed by atoms with Gasteiger partial charge in [-0.05, 0) is 18.9 Å². The molecule has 1 aromatic carbocycles. The highest BCUT2D eigenvalue weighted by Crippen LogP contribution is 2.27. The predicted octanol–water partition coefficient (Wildman–Crippen LogP) is 2.26. The molecule has 6 heteroatoms. The quantitative estimate of drug-likeness (QED) is 0.597. The van der Waals surface area contributed by atoms with Gasteiger partial charge < -0.3 is 20.3 Å². The van der Waals surface area contributed by atoms with Gasteiger partial charge in [-0.15, -0.1) is 0 Å². The normalized spacial score (nSPS) is 21.7. The summed E-state index contributed by atoms with van der Waals surface area (Å²) in [6.07, 6.45) is 4.77. The van der Waals surface area contributed by atoms with Crippen LogP contribution in [-0.2, 0) is 6.54 Å². The number of hydrogen-bond acceptors (Lipinski definition) is 6. The van der Waals surface area contributed by atoms with Crippen LogP contribution in [0, 0.1) is 0 Å². The maximum Gasteiger partial charge on any atom is 0.123 e. The number of nitrogens with zero attached hydrogens (tertiary/aromatic N) is 1. The second-order valence-electron chi connectivity index (χ2n) is 7.87. The summed E-state index contributed by atoms with van der Waals surface area (Å²) in [4.78, 5) is 2.31. The van der Waals surface area contributed by atoms with Crippen LogP contribution in [0.15, 0.2) is 24.3 Å². The van der Waals surface area contributed by atoms with E-state index in [1.54, 1.807) is 0 Å². The summed E-state index contributed by atoms with van der Waals surface area (Å²) in [7, 11) is 0. The first-order chi connectivity index (χ1) is 13.1. The van der Waals surface area contributed by atoms with Gasteiger partial charge in [0.2, 0.25) is 0 Å². The summed E-state index contributed by atoms with van der Waals surface area (Å²) in [6, 6.07) is 7.96. The van der Waals surface area contributed by atoms with Crippen LogP contribution in [0.4, 0.5) is 0 Å². The lowest BCUT2D eigenvalue weighted by Gasteiger charge is -2.32. The summed E-state index contributed by atoms with van der Waals surface area (Å²) in [5.41, 5.74) is 0.509. The molecular formula is C21H34N2O3S. The average molecular weight is 395 g/mol. The average Bonchev–Trinajstić information content (AvgIpc) is 2.68. The lowest BCUT2D eigenvalue weighted by molar-refractivity contribution is 0.00461. The molecule has 0 bridgehead atoms. The summed E-state index contributed by atoms with van der Waals surface area (Å²) in [5, 5.41) is 24.3. The summed E-state index contributed by atoms with van der Waals surface area (Å²) >= 11 is 1.98. The molecule has 0 radical (unpaired) electrons. The molecule has 2 aliphatic rings. The number of β-amino-alcohol motifs (C(OH)–C–C–N with tert-alkyl or cyclic N) is 1. The highest BCUT2D eigenvalue weighted by molar-refractivity contribution is 7.99. The van der Waals surface area contributed by atoms with Crippen LogP contribution < -0.4 is 10.1 Å². The summed E-state index contributed by atoms with van der Waals surface area (Å²) < 4.78 is 5.92. The van der Waals surface area contributed by atoms with E-state index in [-0.39, 0.29) is 0 Å². The Morgan fingerprint density at radius 3 is 2.67 bits per heavy atom. The Balaban J connectivity index is 1.43. The van der Waals surface area contributed by atoms with E-state index in [0.717, 1.165) is 61.6 Å². The van der Waals surface area contributed by atoms with Crippen LogP contribution in [0.25, 0.3) is 0 Å². The van der Waals surface area contributed by atoms with Crippen molar-refractivity contribution in [2.75, 3.05) is 44.3 Å². The Kier molecular flexibility index (Phi) is 8.27. The van der Waals surface area contributed by atoms with E-state index in [9.17, 15) is 10.2 Å². The number of aliphatic hydroxyl groups is 2. The van der Waals surface area contributed by atoms with Crippen molar-refractivity contribution in [2.45, 2.75) is 50.4 Å². The zero-order valence-corrected chi connectivity index (χ0v) is 17.1. The first-order valence-corrected chi connectivity index (χ1v) is 11.4. The standard InChI is InChI=1S/C21H34N2O3S/c24-19(15-23-10-12-27-13-11-23)16-26-20-7-3-2-6-18(20)14-22-17-21(25)8-4-1-5-9-21/h2-3,6-7,19,22,24-25H,1,4-5,8-17H2/t19-/m0/s1. The zero-order chi connectivity index (χ0) is 19.0. The number of nitrogens with one attached hydrogen (secondary N) is 1. The van der Waals surface area contributed by atoms with Gasteiger partial charge in [0.05, 0.1) is 5.60 Å². The van der Waals surface area contributed by atoms with Crippen molar-refractivity contribution in [2.24, 2.45) is 0 Å². The van der Waals surface area contributed by atoms with Gasteiger partial charge in [-0.2, -0.15) is 11.8 Å². The van der Waals surface area contributed by atoms with E-state index in [0.29, 0.717) is 26.2 Å². The molecular weight excluding hydrogens is 360 g/mol. The van der Waals surface area contributed by atoms with Crippen molar-refractivity contribution in [3.63, 3.8) is 0 Å². The maximum atomic E-state index is 10.6. The van der Waals surface area contributed by atoms with Gasteiger partial charge in [0.25, 0.3) is 0 Å². The lowest BCUT2D eigenvalue weighted by atomic mass is 9.85. The SMILES string of the molecule is O[C@H](COc1ccccc1CNCC1(O)CCCCC1)CN1CCSCC1. The van der Waals surface area contributed by atoms with Gasteiger partial charge in [-0.1, -0.05) is 37.5 Å². The van der Waals surface area contributed by atoms with E-state index in [4.69, 9.17) is 4.74 Å². The molecule has 27 heavy (non-hydrogen) atoms. The van der Waals surface area contributed by atoms with Gasteiger partial charge in [0.15, 0.2) is 0 Å². The molecule has 1 atom stereocenters. The van der Waals surface area contributed by atoms with Crippen molar-refractivity contribution >= 4 is 11.8 Å². The molecule has 5 nitrogen and oxygen atoms in total. The van der Waals surface area contributed by atoms with E-state index in [2.05, 4.69) is 10.2 Å². The zero-order valence-electron chi connectivity index (χ0n) is 16.2. The van der Waals surface area contributed by atoms with E-state index in [1.165, 1.54) is 6.42 Å². The Hall–Kier alpha value is -0.790. The molecule has 0 aromatic heterocycles. The first kappa shape index (κ1) is 20.9. The third kappa shape index (κ3) is 6.95. The molecule has 1 aliphatic heterocycles. The molecule has 3 rings (SSSR count). The number of para-hydroxylation sites is 1. The Bertz CT molecular complexity index is 560. The molecule has 152 valence electrons. The highest BCUT2D eigenvalue weighted by atomic mass is 32.2. The summed E-state index contributed by atoms with van der Waals surface area (Å²) in [5.74, 6) is 3.11. The molecule has 0 unspecified atom stereocenters. The van der Waals surface area contributed by atoms with Crippen molar-refractivity contribution in [1.82, 2.24) is 10.2 Å². The van der Waals surface area contributed by atoms with Crippen molar-refractivity contribution in [3.05, 3.63) is 29.8 Å². The van der Waals surface area contributed by atoms with Gasteiger partial charge >= 0.3 is 0 Å². The third-order valence-electron chi connectivity index (χ3n) is 5.53. The Morgan fingerprint density at radius 1 is 1.15 bits per heavy atom. The number of benzene rings is 1. The largest absolute Gasteiger partial charge is 0.491 e. The number of aliphatic hydroxyl groups excluding tert-OH is 1. The second kappa shape index (κ2) is 10.7. The number of ether oxygens (including phenoxy) is 1. The Morgan fingerprint density at radius 2 is 1.89 bits per heavy atom. The van der Waals surface area contributed by atoms with Crippen molar-refractivity contribution < 1.29 is 14.9 Å². The fourth-order valence-corrected chi connectivity index (χ4v) is 4.91. The molecule has 1 saturated carbocycles. The highest BCUT2D eigenvalue weighted by Gasteiger charge is 2.28. The molecule has 1 aromatic rings. The molecule has 1 heterocycles. The topological polar surface area (TPSA) is 65.0 Å². The number of rotatable bonds is 9. The van der Waals surface area contributed by atoms with Gasteiger partial charge in [0, 0.05) is 49.8 Å². The van der Waals surface area contributed by atoms with Crippen molar-refractivity contribution in [3.8, 4) is 5.75 Å². The van der Waals surface area contributed by atoms with Crippen LogP contribution in [-0.4, -0.2) is 71.1 Å². The molecule has 0 spiro atoms. The molecule has 2 fully saturated rings. The maximum absolute atomic E-state index is 10.6. The first-order valence-electron chi connectivity index (χ1n) is 10.3. The van der Waals surface area contributed by atoms with E-state index >= 15 is 0 Å². The van der Waals surface area contributed by atoms with E-state index in [1.807, 2.05) is 36.0 Å². The smallest absolute Gasteiger partial charge is 0.123 e. The van der Waals surface area contributed by atoms with Crippen LogP contribution in [0.3, 0.4) is 0 Å². The lowest BCUT2D eigenvalue weighted by Crippen LogP contribution is -2.42. The van der Waals surface area contributed by atoms with Gasteiger partial charge in [-0.3, -0.25) is 4.90 Å². The minimum atomic E-state index is -0.559. The fraction of sp³-hybridized carbons (Fsp3) is 0.714. The minimum absolute atomic E-state index is 0.310. The Labute approximate surface area is 167 Å².